The SMILES string of the molecule is C#CCN[C@@H]1CCc2ccccc21.O=C1O[C@H]([C@@H](O)CO)C(O)=C1O. The summed E-state index contributed by atoms with van der Waals surface area (Å²) in [7, 11) is 0. The van der Waals surface area contributed by atoms with E-state index in [9.17, 15) is 4.79 Å². The number of carbonyl (C=O) groups excluding carboxylic acids is 1. The second-order valence-electron chi connectivity index (χ2n) is 5.68. The van der Waals surface area contributed by atoms with Crippen molar-refractivity contribution >= 4 is 5.97 Å². The molecular weight excluding hydrogens is 326 g/mol. The number of hydrogen-bond donors (Lipinski definition) is 5. The molecule has 0 spiro atoms. The molecule has 3 rings (SSSR count). The third kappa shape index (κ3) is 4.31. The van der Waals surface area contributed by atoms with E-state index < -0.39 is 36.3 Å². The number of hydrogen-bond acceptors (Lipinski definition) is 7. The normalized spacial score (nSPS) is 22.5. The number of aliphatic hydroxyl groups is 4. The van der Waals surface area contributed by atoms with Crippen LogP contribution in [0.3, 0.4) is 0 Å². The monoisotopic (exact) mass is 347 g/mol. The smallest absolute Gasteiger partial charge is 0.377 e. The van der Waals surface area contributed by atoms with Crippen molar-refractivity contribution in [3.8, 4) is 12.3 Å². The van der Waals surface area contributed by atoms with Gasteiger partial charge in [-0.15, -0.1) is 6.42 Å². The lowest BCUT2D eigenvalue weighted by atomic mass is 10.1. The van der Waals surface area contributed by atoms with Gasteiger partial charge in [-0.2, -0.15) is 0 Å². The maximum atomic E-state index is 10.5. The fraction of sp³-hybridized carbons (Fsp3) is 0.389. The Hall–Kier alpha value is -2.53. The molecule has 5 N–H and O–H groups in total. The lowest BCUT2D eigenvalue weighted by molar-refractivity contribution is -0.147. The molecule has 0 saturated heterocycles. The first-order chi connectivity index (χ1) is 12.0. The molecule has 7 heteroatoms. The summed E-state index contributed by atoms with van der Waals surface area (Å²) in [4.78, 5) is 10.5. The number of carbonyl (C=O) groups is 1. The third-order valence-corrected chi connectivity index (χ3v) is 4.06. The zero-order chi connectivity index (χ0) is 18.4. The number of fused-ring (bicyclic) bond motifs is 1. The molecule has 1 aliphatic heterocycles. The van der Waals surface area contributed by atoms with Crippen LogP contribution in [0.1, 0.15) is 23.6 Å². The second kappa shape index (κ2) is 8.53. The fourth-order valence-corrected chi connectivity index (χ4v) is 2.77. The third-order valence-electron chi connectivity index (χ3n) is 4.06. The first kappa shape index (κ1) is 18.8. The summed E-state index contributed by atoms with van der Waals surface area (Å²) < 4.78 is 4.32. The van der Waals surface area contributed by atoms with Crippen LogP contribution in [-0.4, -0.2) is 51.8 Å². The zero-order valence-electron chi connectivity index (χ0n) is 13.6. The molecule has 0 amide bonds. The van der Waals surface area contributed by atoms with Crippen molar-refractivity contribution < 1.29 is 30.0 Å². The van der Waals surface area contributed by atoms with Gasteiger partial charge < -0.3 is 25.2 Å². The Labute approximate surface area is 145 Å². The van der Waals surface area contributed by atoms with Gasteiger partial charge in [-0.1, -0.05) is 30.2 Å². The quantitative estimate of drug-likeness (QED) is 0.397. The molecule has 7 nitrogen and oxygen atoms in total. The summed E-state index contributed by atoms with van der Waals surface area (Å²) >= 11 is 0. The summed E-state index contributed by atoms with van der Waals surface area (Å²) in [6, 6.07) is 9.06. The van der Waals surface area contributed by atoms with Gasteiger partial charge >= 0.3 is 5.97 Å². The van der Waals surface area contributed by atoms with Gasteiger partial charge in [0.15, 0.2) is 11.9 Å². The number of ether oxygens (including phenoxy) is 1. The van der Waals surface area contributed by atoms with Crippen molar-refractivity contribution in [3.05, 3.63) is 46.9 Å². The van der Waals surface area contributed by atoms with Gasteiger partial charge in [-0.05, 0) is 24.0 Å². The number of benzene rings is 1. The molecular formula is C18H21NO6. The van der Waals surface area contributed by atoms with Gasteiger partial charge in [0, 0.05) is 6.04 Å². The Bertz CT molecular complexity index is 693. The molecule has 0 fully saturated rings. The maximum Gasteiger partial charge on any atom is 0.377 e. The number of terminal acetylenes is 1. The van der Waals surface area contributed by atoms with Crippen molar-refractivity contribution in [2.24, 2.45) is 0 Å². The zero-order valence-corrected chi connectivity index (χ0v) is 13.6. The van der Waals surface area contributed by atoms with Gasteiger partial charge in [0.1, 0.15) is 6.10 Å². The van der Waals surface area contributed by atoms with Gasteiger partial charge in [-0.3, -0.25) is 5.32 Å². The molecule has 1 aromatic carbocycles. The summed E-state index contributed by atoms with van der Waals surface area (Å²) in [5.74, 6) is -0.164. The maximum absolute atomic E-state index is 10.5. The fourth-order valence-electron chi connectivity index (χ4n) is 2.77. The van der Waals surface area contributed by atoms with E-state index in [-0.39, 0.29) is 0 Å². The highest BCUT2D eigenvalue weighted by atomic mass is 16.6. The number of aliphatic hydroxyl groups excluding tert-OH is 4. The lowest BCUT2D eigenvalue weighted by Gasteiger charge is -2.13. The molecule has 0 saturated carbocycles. The molecule has 1 heterocycles. The van der Waals surface area contributed by atoms with Crippen molar-refractivity contribution in [1.82, 2.24) is 5.32 Å². The molecule has 1 aromatic rings. The average Bonchev–Trinajstić information content (AvgIpc) is 3.16. The highest BCUT2D eigenvalue weighted by Crippen LogP contribution is 2.30. The van der Waals surface area contributed by atoms with E-state index in [0.29, 0.717) is 12.6 Å². The molecule has 0 bridgehead atoms. The summed E-state index contributed by atoms with van der Waals surface area (Å²) in [5.41, 5.74) is 2.90. The van der Waals surface area contributed by atoms with Crippen molar-refractivity contribution in [1.29, 1.82) is 0 Å². The van der Waals surface area contributed by atoms with Gasteiger partial charge in [0.2, 0.25) is 5.76 Å². The van der Waals surface area contributed by atoms with Gasteiger partial charge in [0.25, 0.3) is 0 Å². The average molecular weight is 347 g/mol. The molecule has 1 aliphatic carbocycles. The van der Waals surface area contributed by atoms with E-state index in [1.807, 2.05) is 0 Å². The number of nitrogens with one attached hydrogen (secondary N) is 1. The van der Waals surface area contributed by atoms with Crippen LogP contribution in [0.15, 0.2) is 35.8 Å². The Kier molecular flexibility index (Phi) is 6.42. The van der Waals surface area contributed by atoms with Crippen molar-refractivity contribution in [3.63, 3.8) is 0 Å². The minimum atomic E-state index is -1.42. The molecule has 0 aromatic heterocycles. The van der Waals surface area contributed by atoms with Crippen LogP contribution < -0.4 is 5.32 Å². The van der Waals surface area contributed by atoms with Crippen molar-refractivity contribution in [2.45, 2.75) is 31.1 Å². The minimum absolute atomic E-state index is 0.479. The Morgan fingerprint density at radius 3 is 2.68 bits per heavy atom. The second-order valence-corrected chi connectivity index (χ2v) is 5.68. The number of esters is 1. The van der Waals surface area contributed by atoms with E-state index in [4.69, 9.17) is 26.8 Å². The summed E-state index contributed by atoms with van der Waals surface area (Å²) in [6.45, 7) is -0.00567. The number of cyclic esters (lactones) is 1. The van der Waals surface area contributed by atoms with Crippen LogP contribution in [-0.2, 0) is 16.0 Å². The largest absolute Gasteiger partial charge is 0.505 e. The van der Waals surface area contributed by atoms with E-state index in [1.165, 1.54) is 24.0 Å². The molecule has 25 heavy (non-hydrogen) atoms. The van der Waals surface area contributed by atoms with Crippen molar-refractivity contribution in [2.75, 3.05) is 13.2 Å². The predicted octanol–water partition coefficient (Wildman–Crippen LogP) is 0.489. The Balaban J connectivity index is 0.000000181. The Morgan fingerprint density at radius 1 is 1.36 bits per heavy atom. The summed E-state index contributed by atoms with van der Waals surface area (Å²) in [5, 5.41) is 38.4. The van der Waals surface area contributed by atoms with E-state index in [2.05, 4.69) is 40.2 Å². The van der Waals surface area contributed by atoms with Crippen LogP contribution >= 0.6 is 0 Å². The predicted molar refractivity (Wildman–Crippen MR) is 89.6 cm³/mol. The van der Waals surface area contributed by atoms with E-state index >= 15 is 0 Å². The molecule has 3 atom stereocenters. The minimum Gasteiger partial charge on any atom is -0.505 e. The van der Waals surface area contributed by atoms with Crippen LogP contribution in [0.25, 0.3) is 0 Å². The van der Waals surface area contributed by atoms with E-state index in [0.717, 1.165) is 0 Å². The highest BCUT2D eigenvalue weighted by molar-refractivity contribution is 5.89. The van der Waals surface area contributed by atoms with Gasteiger partial charge in [-0.25, -0.2) is 4.79 Å². The highest BCUT2D eigenvalue weighted by Gasteiger charge is 2.38. The molecule has 2 aliphatic rings. The molecule has 0 unspecified atom stereocenters. The van der Waals surface area contributed by atoms with E-state index in [1.54, 1.807) is 0 Å². The first-order valence-electron chi connectivity index (χ1n) is 7.86. The standard InChI is InChI=1S/C12H13N.C6H8O6/c1-2-9-13-12-8-7-10-5-3-4-6-11(10)12;7-1-2(8)5-3(9)4(10)6(11)12-5/h1,3-6,12-13H,7-9H2;2,5,7-10H,1H2/t12-;2-,5+/m10/s1. The van der Waals surface area contributed by atoms with Crippen LogP contribution in [0.5, 0.6) is 0 Å². The first-order valence-corrected chi connectivity index (χ1v) is 7.86. The lowest BCUT2D eigenvalue weighted by Crippen LogP contribution is -2.31. The Morgan fingerprint density at radius 2 is 2.08 bits per heavy atom. The molecule has 134 valence electrons. The molecule has 0 radical (unpaired) electrons. The summed E-state index contributed by atoms with van der Waals surface area (Å²) in [6.07, 6.45) is 4.80. The van der Waals surface area contributed by atoms with Gasteiger partial charge in [0.05, 0.1) is 13.2 Å². The number of rotatable bonds is 4. The van der Waals surface area contributed by atoms with Crippen LogP contribution in [0.2, 0.25) is 0 Å². The van der Waals surface area contributed by atoms with Crippen LogP contribution in [0, 0.1) is 12.3 Å². The topological polar surface area (TPSA) is 119 Å². The van der Waals surface area contributed by atoms with Crippen LogP contribution in [0.4, 0.5) is 0 Å². The number of aryl methyl sites for hydroxylation is 1.